The minimum absolute atomic E-state index is 0.238. The Balaban J connectivity index is 1.48. The van der Waals surface area contributed by atoms with Gasteiger partial charge >= 0.3 is 0 Å². The highest BCUT2D eigenvalue weighted by Gasteiger charge is 2.06. The summed E-state index contributed by atoms with van der Waals surface area (Å²) in [6, 6.07) is 20.7. The van der Waals surface area contributed by atoms with Crippen molar-refractivity contribution in [3.8, 4) is 11.3 Å². The third kappa shape index (κ3) is 5.81. The third-order valence-corrected chi connectivity index (χ3v) is 4.18. The normalized spacial score (nSPS) is 10.7. The van der Waals surface area contributed by atoms with Gasteiger partial charge in [0.15, 0.2) is 5.11 Å². The molecule has 0 aliphatic carbocycles. The molecule has 2 aromatic carbocycles. The van der Waals surface area contributed by atoms with E-state index in [4.69, 9.17) is 28.2 Å². The summed E-state index contributed by atoms with van der Waals surface area (Å²) in [6.45, 7) is 0.370. The van der Waals surface area contributed by atoms with Crippen molar-refractivity contribution < 1.29 is 9.21 Å². The third-order valence-electron chi connectivity index (χ3n) is 3.68. The molecule has 1 heterocycles. The van der Waals surface area contributed by atoms with Crippen LogP contribution in [0.25, 0.3) is 17.4 Å². The lowest BCUT2D eigenvalue weighted by Crippen LogP contribution is -2.37. The van der Waals surface area contributed by atoms with Crippen LogP contribution in [0.4, 0.5) is 0 Å². The molecule has 2 N–H and O–H groups in total. The molecule has 3 rings (SSSR count). The number of benzene rings is 2. The Morgan fingerprint density at radius 2 is 1.78 bits per heavy atom. The maximum Gasteiger partial charge on any atom is 0.250 e. The number of carbonyl (C=O) groups excluding carboxylic acids is 1. The second-order valence-corrected chi connectivity index (χ2v) is 6.53. The van der Waals surface area contributed by atoms with Gasteiger partial charge < -0.3 is 9.73 Å². The summed E-state index contributed by atoms with van der Waals surface area (Å²) in [4.78, 5) is 11.9. The number of halogens is 1. The van der Waals surface area contributed by atoms with Crippen LogP contribution in [0.3, 0.4) is 0 Å². The summed E-state index contributed by atoms with van der Waals surface area (Å²) in [5.74, 6) is 1.15. The SMILES string of the molecule is O=C(/C=C/c1ccccc1)NC(=S)NCc1ccc(-c2ccc(Cl)cc2)o1. The summed E-state index contributed by atoms with van der Waals surface area (Å²) < 4.78 is 5.78. The smallest absolute Gasteiger partial charge is 0.250 e. The van der Waals surface area contributed by atoms with Gasteiger partial charge in [-0.15, -0.1) is 0 Å². The Hall–Kier alpha value is -2.89. The first-order chi connectivity index (χ1) is 13.1. The van der Waals surface area contributed by atoms with Crippen molar-refractivity contribution in [2.24, 2.45) is 0 Å². The average molecular weight is 397 g/mol. The largest absolute Gasteiger partial charge is 0.459 e. The summed E-state index contributed by atoms with van der Waals surface area (Å²) in [7, 11) is 0. The standard InChI is InChI=1S/C21H17ClN2O2S/c22-17-9-7-16(8-10-17)19-12-11-18(26-19)14-23-21(27)24-20(25)13-6-15-4-2-1-3-5-15/h1-13H,14H2,(H2,23,24,25,27)/b13-6+. The highest BCUT2D eigenvalue weighted by Crippen LogP contribution is 2.23. The maximum absolute atomic E-state index is 11.9. The van der Waals surface area contributed by atoms with Gasteiger partial charge in [-0.25, -0.2) is 0 Å². The van der Waals surface area contributed by atoms with E-state index in [0.717, 1.165) is 16.9 Å². The number of hydrogen-bond acceptors (Lipinski definition) is 3. The van der Waals surface area contributed by atoms with E-state index in [1.165, 1.54) is 6.08 Å². The summed E-state index contributed by atoms with van der Waals surface area (Å²) in [5.41, 5.74) is 1.88. The lowest BCUT2D eigenvalue weighted by atomic mass is 10.2. The van der Waals surface area contributed by atoms with Gasteiger partial charge in [0.05, 0.1) is 6.54 Å². The van der Waals surface area contributed by atoms with Crippen LogP contribution < -0.4 is 10.6 Å². The van der Waals surface area contributed by atoms with E-state index in [1.807, 2.05) is 66.7 Å². The average Bonchev–Trinajstić information content (AvgIpc) is 3.15. The molecule has 0 aliphatic heterocycles. The van der Waals surface area contributed by atoms with Crippen LogP contribution in [-0.2, 0) is 11.3 Å². The second kappa shape index (κ2) is 9.16. The fourth-order valence-electron chi connectivity index (χ4n) is 2.34. The van der Waals surface area contributed by atoms with Crippen LogP contribution in [0, 0.1) is 0 Å². The molecule has 0 unspecified atom stereocenters. The predicted molar refractivity (Wildman–Crippen MR) is 112 cm³/mol. The van der Waals surface area contributed by atoms with Gasteiger partial charge in [0.1, 0.15) is 11.5 Å². The first-order valence-electron chi connectivity index (χ1n) is 8.27. The number of nitrogens with one attached hydrogen (secondary N) is 2. The summed E-state index contributed by atoms with van der Waals surface area (Å²) in [6.07, 6.45) is 3.16. The molecule has 4 nitrogen and oxygen atoms in total. The van der Waals surface area contributed by atoms with Crippen LogP contribution in [-0.4, -0.2) is 11.0 Å². The van der Waals surface area contributed by atoms with Crippen LogP contribution >= 0.6 is 23.8 Å². The molecular formula is C21H17ClN2O2S. The Labute approximate surface area is 167 Å². The Bertz CT molecular complexity index is 950. The molecule has 0 saturated carbocycles. The molecule has 0 atom stereocenters. The van der Waals surface area contributed by atoms with Crippen LogP contribution in [0.1, 0.15) is 11.3 Å². The topological polar surface area (TPSA) is 54.3 Å². The summed E-state index contributed by atoms with van der Waals surface area (Å²) >= 11 is 11.0. The molecule has 0 fully saturated rings. The lowest BCUT2D eigenvalue weighted by Gasteiger charge is -2.06. The zero-order valence-corrected chi connectivity index (χ0v) is 15.9. The van der Waals surface area contributed by atoms with E-state index in [-0.39, 0.29) is 11.0 Å². The number of amides is 1. The van der Waals surface area contributed by atoms with Crippen LogP contribution in [0.5, 0.6) is 0 Å². The molecule has 27 heavy (non-hydrogen) atoms. The van der Waals surface area contributed by atoms with E-state index in [2.05, 4.69) is 10.6 Å². The molecule has 1 aromatic heterocycles. The molecular weight excluding hydrogens is 380 g/mol. The first kappa shape index (κ1) is 18.9. The highest BCUT2D eigenvalue weighted by atomic mass is 35.5. The molecule has 0 aliphatic rings. The molecule has 0 bridgehead atoms. The van der Waals surface area contributed by atoms with E-state index in [1.54, 1.807) is 6.08 Å². The molecule has 0 spiro atoms. The first-order valence-corrected chi connectivity index (χ1v) is 9.05. The Morgan fingerprint density at radius 3 is 2.52 bits per heavy atom. The van der Waals surface area contributed by atoms with E-state index >= 15 is 0 Å². The second-order valence-electron chi connectivity index (χ2n) is 5.69. The van der Waals surface area contributed by atoms with Crippen molar-refractivity contribution in [1.82, 2.24) is 10.6 Å². The predicted octanol–water partition coefficient (Wildman–Crippen LogP) is 4.80. The van der Waals surface area contributed by atoms with Crippen molar-refractivity contribution in [2.45, 2.75) is 6.54 Å². The zero-order chi connectivity index (χ0) is 19.1. The quantitative estimate of drug-likeness (QED) is 0.480. The molecule has 0 radical (unpaired) electrons. The van der Waals surface area contributed by atoms with Crippen molar-refractivity contribution in [2.75, 3.05) is 0 Å². The minimum atomic E-state index is -0.294. The van der Waals surface area contributed by atoms with Gasteiger partial charge in [-0.3, -0.25) is 10.1 Å². The van der Waals surface area contributed by atoms with E-state index in [0.29, 0.717) is 17.3 Å². The molecule has 3 aromatic rings. The van der Waals surface area contributed by atoms with Crippen molar-refractivity contribution in [3.63, 3.8) is 0 Å². The lowest BCUT2D eigenvalue weighted by molar-refractivity contribution is -0.115. The van der Waals surface area contributed by atoms with Crippen LogP contribution in [0.2, 0.25) is 5.02 Å². The molecule has 6 heteroatoms. The van der Waals surface area contributed by atoms with Crippen molar-refractivity contribution in [1.29, 1.82) is 0 Å². The van der Waals surface area contributed by atoms with E-state index < -0.39 is 0 Å². The molecule has 0 saturated heterocycles. The van der Waals surface area contributed by atoms with Crippen molar-refractivity contribution in [3.05, 3.63) is 89.2 Å². The highest BCUT2D eigenvalue weighted by molar-refractivity contribution is 7.80. The number of furan rings is 1. The maximum atomic E-state index is 11.9. The van der Waals surface area contributed by atoms with Gasteiger partial charge in [-0.2, -0.15) is 0 Å². The molecule has 136 valence electrons. The fraction of sp³-hybridized carbons (Fsp3) is 0.0476. The van der Waals surface area contributed by atoms with E-state index in [9.17, 15) is 4.79 Å². The number of thiocarbonyl (C=S) groups is 1. The zero-order valence-electron chi connectivity index (χ0n) is 14.3. The van der Waals surface area contributed by atoms with Gasteiger partial charge in [0, 0.05) is 16.7 Å². The molecule has 1 amide bonds. The number of carbonyl (C=O) groups is 1. The van der Waals surface area contributed by atoms with Gasteiger partial charge in [-0.05, 0) is 60.3 Å². The van der Waals surface area contributed by atoms with Crippen LogP contribution in [0.15, 0.2) is 77.2 Å². The minimum Gasteiger partial charge on any atom is -0.459 e. The number of rotatable bonds is 5. The number of hydrogen-bond donors (Lipinski definition) is 2. The van der Waals surface area contributed by atoms with Gasteiger partial charge in [0.2, 0.25) is 5.91 Å². The Morgan fingerprint density at radius 1 is 1.04 bits per heavy atom. The Kier molecular flexibility index (Phi) is 6.41. The van der Waals surface area contributed by atoms with Gasteiger partial charge in [-0.1, -0.05) is 41.9 Å². The summed E-state index contributed by atoms with van der Waals surface area (Å²) in [5, 5.41) is 6.47. The monoisotopic (exact) mass is 396 g/mol. The van der Waals surface area contributed by atoms with Crippen molar-refractivity contribution >= 4 is 40.9 Å². The van der Waals surface area contributed by atoms with Gasteiger partial charge in [0.25, 0.3) is 0 Å². The fourth-order valence-corrected chi connectivity index (χ4v) is 2.64.